The molecule has 0 saturated carbocycles. The molecule has 2 aliphatic rings. The minimum absolute atomic E-state index is 0.205. The van der Waals surface area contributed by atoms with Gasteiger partial charge in [0.2, 0.25) is 5.95 Å². The number of anilines is 3. The van der Waals surface area contributed by atoms with Crippen molar-refractivity contribution < 1.29 is 9.53 Å². The second-order valence-corrected chi connectivity index (χ2v) is 8.42. The summed E-state index contributed by atoms with van der Waals surface area (Å²) < 4.78 is 8.28. The van der Waals surface area contributed by atoms with Crippen molar-refractivity contribution in [1.29, 1.82) is 0 Å². The molecule has 11 nitrogen and oxygen atoms in total. The van der Waals surface area contributed by atoms with Crippen LogP contribution in [0.4, 0.5) is 22.2 Å². The zero-order valence-electron chi connectivity index (χ0n) is 19.2. The minimum atomic E-state index is -0.436. The molecule has 0 unspecified atom stereocenters. The number of nitrogens with one attached hydrogen (secondary N) is 2. The van der Waals surface area contributed by atoms with Gasteiger partial charge in [-0.3, -0.25) is 9.69 Å². The number of hydrogen-bond donors (Lipinski definition) is 2. The molecule has 1 amide bonds. The number of cyclic esters (lactones) is 1. The Kier molecular flexibility index (Phi) is 5.18. The Labute approximate surface area is 200 Å². The first-order valence-electron chi connectivity index (χ1n) is 11.6. The molecule has 2 N–H and O–H groups in total. The van der Waals surface area contributed by atoms with E-state index in [0.717, 1.165) is 25.2 Å². The van der Waals surface area contributed by atoms with Crippen molar-refractivity contribution in [2.24, 2.45) is 0 Å². The monoisotopic (exact) mass is 472 g/mol. The number of benzene rings is 1. The number of nitrogens with zero attached hydrogens (tertiary/aromatic N) is 6. The maximum Gasteiger partial charge on any atom is 0.415 e. The molecule has 2 aliphatic heterocycles. The highest BCUT2D eigenvalue weighted by Gasteiger charge is 2.26. The molecule has 1 aromatic carbocycles. The molecule has 3 aromatic heterocycles. The van der Waals surface area contributed by atoms with Gasteiger partial charge in [0.15, 0.2) is 11.5 Å². The number of rotatable bonds is 5. The first-order valence-corrected chi connectivity index (χ1v) is 11.6. The van der Waals surface area contributed by atoms with E-state index in [4.69, 9.17) is 9.72 Å². The van der Waals surface area contributed by atoms with Crippen LogP contribution in [0.1, 0.15) is 18.1 Å². The Bertz CT molecular complexity index is 1510. The van der Waals surface area contributed by atoms with Crippen molar-refractivity contribution in [3.8, 4) is 5.82 Å². The summed E-state index contributed by atoms with van der Waals surface area (Å²) in [7, 11) is 0. The Morgan fingerprint density at radius 2 is 2.00 bits per heavy atom. The van der Waals surface area contributed by atoms with Crippen LogP contribution in [0.3, 0.4) is 0 Å². The lowest BCUT2D eigenvalue weighted by Gasteiger charge is -2.18. The SMILES string of the molecule is CCn1c(=O)c2cnc(Nc3ccc4c(c3)CCNC4)nc2n1-c1cccc(N2CCOC2=O)n1. The molecule has 0 bridgehead atoms. The second-order valence-electron chi connectivity index (χ2n) is 8.42. The van der Waals surface area contributed by atoms with E-state index in [-0.39, 0.29) is 5.56 Å². The van der Waals surface area contributed by atoms with Crippen LogP contribution in [-0.2, 0) is 24.2 Å². The Hall–Kier alpha value is -4.25. The summed E-state index contributed by atoms with van der Waals surface area (Å²) in [6, 6.07) is 11.5. The fourth-order valence-electron chi connectivity index (χ4n) is 4.57. The average molecular weight is 473 g/mol. The van der Waals surface area contributed by atoms with Crippen molar-refractivity contribution in [2.75, 3.05) is 29.9 Å². The van der Waals surface area contributed by atoms with E-state index in [1.807, 2.05) is 13.0 Å². The molecule has 5 heterocycles. The zero-order valence-corrected chi connectivity index (χ0v) is 19.2. The van der Waals surface area contributed by atoms with Crippen molar-refractivity contribution in [2.45, 2.75) is 26.4 Å². The van der Waals surface area contributed by atoms with Crippen LogP contribution < -0.4 is 21.1 Å². The molecule has 0 atom stereocenters. The van der Waals surface area contributed by atoms with Crippen LogP contribution in [-0.4, -0.2) is 50.1 Å². The number of carbonyl (C=O) groups is 1. The van der Waals surface area contributed by atoms with Crippen LogP contribution >= 0.6 is 0 Å². The third-order valence-corrected chi connectivity index (χ3v) is 6.30. The fourth-order valence-corrected chi connectivity index (χ4v) is 4.57. The molecule has 1 fully saturated rings. The highest BCUT2D eigenvalue weighted by Crippen LogP contribution is 2.23. The summed E-state index contributed by atoms with van der Waals surface area (Å²) in [4.78, 5) is 40.3. The van der Waals surface area contributed by atoms with Gasteiger partial charge in [0.1, 0.15) is 17.8 Å². The van der Waals surface area contributed by atoms with Gasteiger partial charge in [-0.2, -0.15) is 4.98 Å². The van der Waals surface area contributed by atoms with E-state index in [9.17, 15) is 9.59 Å². The average Bonchev–Trinajstić information content (AvgIpc) is 3.44. The van der Waals surface area contributed by atoms with Crippen LogP contribution in [0.5, 0.6) is 0 Å². The van der Waals surface area contributed by atoms with Crippen LogP contribution in [0, 0.1) is 0 Å². The second kappa shape index (κ2) is 8.51. The Morgan fingerprint density at radius 1 is 1.11 bits per heavy atom. The molecule has 4 aromatic rings. The van der Waals surface area contributed by atoms with E-state index in [2.05, 4.69) is 32.7 Å². The summed E-state index contributed by atoms with van der Waals surface area (Å²) in [6.07, 6.45) is 2.07. The molecule has 35 heavy (non-hydrogen) atoms. The lowest BCUT2D eigenvalue weighted by molar-refractivity contribution is 0.181. The maximum absolute atomic E-state index is 13.1. The predicted molar refractivity (Wildman–Crippen MR) is 130 cm³/mol. The normalized spacial score (nSPS) is 15.3. The fraction of sp³-hybridized carbons (Fsp3) is 0.292. The summed E-state index contributed by atoms with van der Waals surface area (Å²) in [5.74, 6) is 1.31. The Morgan fingerprint density at radius 3 is 2.83 bits per heavy atom. The predicted octanol–water partition coefficient (Wildman–Crippen LogP) is 2.34. The standard InChI is InChI=1S/C24H24N8O3/c1-2-31-22(33)18-14-26-23(27-17-7-6-16-13-25-9-8-15(16)12-17)29-21(18)32(31)20-5-3-4-19(28-20)30-10-11-35-24(30)34/h3-7,12,14,25H,2,8-11,13H2,1H3,(H,26,27,29). The van der Waals surface area contributed by atoms with Gasteiger partial charge in [-0.1, -0.05) is 12.1 Å². The summed E-state index contributed by atoms with van der Waals surface area (Å²) in [5, 5.41) is 7.04. The molecule has 0 spiro atoms. The Balaban J connectivity index is 1.42. The number of aromatic nitrogens is 5. The van der Waals surface area contributed by atoms with Gasteiger partial charge < -0.3 is 15.4 Å². The van der Waals surface area contributed by atoms with Gasteiger partial charge in [0.05, 0.1) is 6.54 Å². The van der Waals surface area contributed by atoms with E-state index in [1.165, 1.54) is 16.0 Å². The number of fused-ring (bicyclic) bond motifs is 2. The van der Waals surface area contributed by atoms with Crippen LogP contribution in [0.25, 0.3) is 16.9 Å². The molecule has 0 radical (unpaired) electrons. The van der Waals surface area contributed by atoms with Crippen molar-refractivity contribution in [1.82, 2.24) is 29.6 Å². The number of ether oxygens (including phenoxy) is 1. The zero-order chi connectivity index (χ0) is 23.9. The van der Waals surface area contributed by atoms with Gasteiger partial charge in [-0.15, -0.1) is 0 Å². The van der Waals surface area contributed by atoms with Crippen molar-refractivity contribution in [3.05, 3.63) is 64.1 Å². The van der Waals surface area contributed by atoms with E-state index >= 15 is 0 Å². The van der Waals surface area contributed by atoms with Gasteiger partial charge >= 0.3 is 6.09 Å². The molecule has 6 rings (SSSR count). The number of hydrogen-bond acceptors (Lipinski definition) is 8. The van der Waals surface area contributed by atoms with Crippen LogP contribution in [0.15, 0.2) is 47.4 Å². The number of pyridine rings is 1. The summed E-state index contributed by atoms with van der Waals surface area (Å²) in [6.45, 7) is 4.86. The topological polar surface area (TPSA) is 119 Å². The summed E-state index contributed by atoms with van der Waals surface area (Å²) in [5.41, 5.74) is 3.71. The molecule has 178 valence electrons. The van der Waals surface area contributed by atoms with E-state index in [0.29, 0.717) is 48.3 Å². The van der Waals surface area contributed by atoms with E-state index in [1.54, 1.807) is 33.8 Å². The van der Waals surface area contributed by atoms with Crippen molar-refractivity contribution >= 4 is 34.6 Å². The maximum atomic E-state index is 13.1. The largest absolute Gasteiger partial charge is 0.447 e. The highest BCUT2D eigenvalue weighted by molar-refractivity contribution is 5.88. The molecule has 0 aliphatic carbocycles. The quantitative estimate of drug-likeness (QED) is 0.454. The van der Waals surface area contributed by atoms with Gasteiger partial charge in [-0.05, 0) is 55.3 Å². The third kappa shape index (κ3) is 3.69. The number of amides is 1. The lowest BCUT2D eigenvalue weighted by Crippen LogP contribution is -2.26. The van der Waals surface area contributed by atoms with Gasteiger partial charge in [-0.25, -0.2) is 24.1 Å². The van der Waals surface area contributed by atoms with E-state index < -0.39 is 6.09 Å². The molecular weight excluding hydrogens is 448 g/mol. The molecule has 11 heteroatoms. The lowest BCUT2D eigenvalue weighted by atomic mass is 10.0. The van der Waals surface area contributed by atoms with Gasteiger partial charge in [0, 0.05) is 25.0 Å². The molecular formula is C24H24N8O3. The van der Waals surface area contributed by atoms with Crippen molar-refractivity contribution in [3.63, 3.8) is 0 Å². The first-order chi connectivity index (χ1) is 17.1. The molecule has 1 saturated heterocycles. The smallest absolute Gasteiger partial charge is 0.415 e. The van der Waals surface area contributed by atoms with Gasteiger partial charge in [0.25, 0.3) is 5.56 Å². The third-order valence-electron chi connectivity index (χ3n) is 6.30. The van der Waals surface area contributed by atoms with Crippen LogP contribution in [0.2, 0.25) is 0 Å². The first kappa shape index (κ1) is 21.3. The summed E-state index contributed by atoms with van der Waals surface area (Å²) >= 11 is 0. The number of carbonyl (C=O) groups excluding carboxylic acids is 1. The highest BCUT2D eigenvalue weighted by atomic mass is 16.6. The minimum Gasteiger partial charge on any atom is -0.447 e.